The summed E-state index contributed by atoms with van der Waals surface area (Å²) in [5.41, 5.74) is 0.826. The Labute approximate surface area is 107 Å². The Morgan fingerprint density at radius 1 is 1.28 bits per heavy atom. The van der Waals surface area contributed by atoms with Gasteiger partial charge in [-0.05, 0) is 30.3 Å². The third-order valence-corrected chi connectivity index (χ3v) is 2.62. The number of carbonyl (C=O) groups is 2. The number of carboxylic acid groups (broad SMARTS) is 1. The van der Waals surface area contributed by atoms with E-state index in [0.717, 1.165) is 0 Å². The molecule has 1 aromatic heterocycles. The molecule has 1 aromatic carbocycles. The van der Waals surface area contributed by atoms with Crippen LogP contribution in [0.2, 0.25) is 5.02 Å². The zero-order valence-electron chi connectivity index (χ0n) is 9.11. The SMILES string of the molecule is O=C(O)c1ccc(NC(=O)c2ccc[nH]2)c(Cl)c1. The maximum atomic E-state index is 11.7. The summed E-state index contributed by atoms with van der Waals surface area (Å²) in [5, 5.41) is 11.5. The summed E-state index contributed by atoms with van der Waals surface area (Å²) in [4.78, 5) is 25.2. The first-order valence-electron chi connectivity index (χ1n) is 5.05. The molecule has 0 atom stereocenters. The third-order valence-electron chi connectivity index (χ3n) is 2.31. The standard InChI is InChI=1S/C12H9ClN2O3/c13-8-6-7(12(17)18)3-4-9(8)15-11(16)10-2-1-5-14-10/h1-6,14H,(H,15,16)(H,17,18). The molecular weight excluding hydrogens is 256 g/mol. The van der Waals surface area contributed by atoms with Crippen LogP contribution in [-0.4, -0.2) is 22.0 Å². The molecule has 3 N–H and O–H groups in total. The number of halogens is 1. The Hall–Kier alpha value is -2.27. The van der Waals surface area contributed by atoms with E-state index in [4.69, 9.17) is 16.7 Å². The molecule has 2 rings (SSSR count). The highest BCUT2D eigenvalue weighted by molar-refractivity contribution is 6.34. The highest BCUT2D eigenvalue weighted by Crippen LogP contribution is 2.23. The van der Waals surface area contributed by atoms with Crippen LogP contribution in [0.5, 0.6) is 0 Å². The summed E-state index contributed by atoms with van der Waals surface area (Å²) in [7, 11) is 0. The van der Waals surface area contributed by atoms with Crippen molar-refractivity contribution in [3.63, 3.8) is 0 Å². The number of rotatable bonds is 3. The fourth-order valence-electron chi connectivity index (χ4n) is 1.41. The van der Waals surface area contributed by atoms with Crippen LogP contribution in [-0.2, 0) is 0 Å². The second-order valence-electron chi connectivity index (χ2n) is 3.54. The minimum atomic E-state index is -1.07. The van der Waals surface area contributed by atoms with Crippen molar-refractivity contribution in [2.45, 2.75) is 0 Å². The molecule has 1 heterocycles. The molecule has 0 aliphatic carbocycles. The Balaban J connectivity index is 2.20. The number of anilines is 1. The van der Waals surface area contributed by atoms with Crippen molar-refractivity contribution in [2.75, 3.05) is 5.32 Å². The summed E-state index contributed by atoms with van der Waals surface area (Å²) in [5.74, 6) is -1.41. The monoisotopic (exact) mass is 264 g/mol. The highest BCUT2D eigenvalue weighted by atomic mass is 35.5. The van der Waals surface area contributed by atoms with Gasteiger partial charge in [-0.1, -0.05) is 11.6 Å². The fourth-order valence-corrected chi connectivity index (χ4v) is 1.64. The summed E-state index contributed by atoms with van der Waals surface area (Å²) in [6.45, 7) is 0. The number of hydrogen-bond donors (Lipinski definition) is 3. The number of amides is 1. The summed E-state index contributed by atoms with van der Waals surface area (Å²) in [6, 6.07) is 7.43. The topological polar surface area (TPSA) is 82.2 Å². The van der Waals surface area contributed by atoms with E-state index < -0.39 is 5.97 Å². The second kappa shape index (κ2) is 4.93. The van der Waals surface area contributed by atoms with Gasteiger partial charge in [-0.2, -0.15) is 0 Å². The number of carbonyl (C=O) groups excluding carboxylic acids is 1. The van der Waals surface area contributed by atoms with Gasteiger partial charge in [0.2, 0.25) is 0 Å². The Morgan fingerprint density at radius 3 is 2.61 bits per heavy atom. The van der Waals surface area contributed by atoms with Gasteiger partial charge in [-0.3, -0.25) is 4.79 Å². The lowest BCUT2D eigenvalue weighted by molar-refractivity contribution is 0.0696. The number of H-pyrrole nitrogens is 1. The van der Waals surface area contributed by atoms with Crippen LogP contribution in [0.15, 0.2) is 36.5 Å². The molecule has 6 heteroatoms. The van der Waals surface area contributed by atoms with Crippen molar-refractivity contribution in [3.8, 4) is 0 Å². The van der Waals surface area contributed by atoms with Crippen molar-refractivity contribution < 1.29 is 14.7 Å². The molecular formula is C12H9ClN2O3. The molecule has 0 bridgehead atoms. The zero-order chi connectivity index (χ0) is 13.1. The third kappa shape index (κ3) is 2.52. The zero-order valence-corrected chi connectivity index (χ0v) is 9.86. The molecule has 5 nitrogen and oxygen atoms in total. The Morgan fingerprint density at radius 2 is 2.06 bits per heavy atom. The van der Waals surface area contributed by atoms with Gasteiger partial charge in [0.15, 0.2) is 0 Å². The molecule has 2 aromatic rings. The number of aromatic carboxylic acids is 1. The molecule has 0 saturated heterocycles. The van der Waals surface area contributed by atoms with Gasteiger partial charge in [-0.15, -0.1) is 0 Å². The molecule has 1 amide bonds. The van der Waals surface area contributed by atoms with E-state index in [1.807, 2.05) is 0 Å². The minimum Gasteiger partial charge on any atom is -0.478 e. The molecule has 0 unspecified atom stereocenters. The lowest BCUT2D eigenvalue weighted by Gasteiger charge is -2.06. The number of nitrogens with one attached hydrogen (secondary N) is 2. The maximum Gasteiger partial charge on any atom is 0.335 e. The van der Waals surface area contributed by atoms with Crippen LogP contribution >= 0.6 is 11.6 Å². The molecule has 0 fully saturated rings. The van der Waals surface area contributed by atoms with E-state index in [0.29, 0.717) is 11.4 Å². The normalized spacial score (nSPS) is 10.1. The molecule has 18 heavy (non-hydrogen) atoms. The van der Waals surface area contributed by atoms with Gasteiger partial charge >= 0.3 is 5.97 Å². The quantitative estimate of drug-likeness (QED) is 0.797. The number of carboxylic acids is 1. The Bertz CT molecular complexity index is 593. The van der Waals surface area contributed by atoms with E-state index in [9.17, 15) is 9.59 Å². The van der Waals surface area contributed by atoms with Gasteiger partial charge in [0.25, 0.3) is 5.91 Å². The van der Waals surface area contributed by atoms with Crippen LogP contribution in [0.25, 0.3) is 0 Å². The fraction of sp³-hybridized carbons (Fsp3) is 0. The van der Waals surface area contributed by atoms with Gasteiger partial charge in [0.05, 0.1) is 16.3 Å². The molecule has 0 aliphatic heterocycles. The van der Waals surface area contributed by atoms with E-state index in [1.165, 1.54) is 18.2 Å². The first-order chi connectivity index (χ1) is 8.58. The first kappa shape index (κ1) is 12.2. The van der Waals surface area contributed by atoms with Crippen molar-refractivity contribution in [1.29, 1.82) is 0 Å². The Kier molecular flexibility index (Phi) is 3.34. The van der Waals surface area contributed by atoms with Crippen LogP contribution in [0.4, 0.5) is 5.69 Å². The predicted octanol–water partition coefficient (Wildman–Crippen LogP) is 2.62. The van der Waals surface area contributed by atoms with Gasteiger partial charge in [0.1, 0.15) is 5.69 Å². The van der Waals surface area contributed by atoms with Crippen molar-refractivity contribution in [2.24, 2.45) is 0 Å². The summed E-state index contributed by atoms with van der Waals surface area (Å²) >= 11 is 5.89. The van der Waals surface area contributed by atoms with Crippen molar-refractivity contribution >= 4 is 29.2 Å². The van der Waals surface area contributed by atoms with Crippen LogP contribution in [0.1, 0.15) is 20.8 Å². The smallest absolute Gasteiger partial charge is 0.335 e. The number of hydrogen-bond acceptors (Lipinski definition) is 2. The van der Waals surface area contributed by atoms with Crippen molar-refractivity contribution in [1.82, 2.24) is 4.98 Å². The largest absolute Gasteiger partial charge is 0.478 e. The lowest BCUT2D eigenvalue weighted by atomic mass is 10.2. The van der Waals surface area contributed by atoms with Crippen molar-refractivity contribution in [3.05, 3.63) is 52.8 Å². The average molecular weight is 265 g/mol. The summed E-state index contributed by atoms with van der Waals surface area (Å²) < 4.78 is 0. The number of benzene rings is 1. The minimum absolute atomic E-state index is 0.0675. The molecule has 0 radical (unpaired) electrons. The molecule has 0 aliphatic rings. The van der Waals surface area contributed by atoms with Crippen LogP contribution in [0.3, 0.4) is 0 Å². The molecule has 92 valence electrons. The lowest BCUT2D eigenvalue weighted by Crippen LogP contribution is -2.12. The van der Waals surface area contributed by atoms with Crippen LogP contribution in [0, 0.1) is 0 Å². The number of aromatic amines is 1. The predicted molar refractivity (Wildman–Crippen MR) is 67.2 cm³/mol. The molecule has 0 saturated carbocycles. The number of aromatic nitrogens is 1. The van der Waals surface area contributed by atoms with E-state index in [2.05, 4.69) is 10.3 Å². The van der Waals surface area contributed by atoms with E-state index in [-0.39, 0.29) is 16.5 Å². The highest BCUT2D eigenvalue weighted by Gasteiger charge is 2.11. The van der Waals surface area contributed by atoms with Gasteiger partial charge < -0.3 is 15.4 Å². The summed E-state index contributed by atoms with van der Waals surface area (Å²) in [6.07, 6.45) is 1.63. The van der Waals surface area contributed by atoms with Gasteiger partial charge in [0, 0.05) is 6.20 Å². The first-order valence-corrected chi connectivity index (χ1v) is 5.43. The van der Waals surface area contributed by atoms with Crippen LogP contribution < -0.4 is 5.32 Å². The average Bonchev–Trinajstić information content (AvgIpc) is 2.85. The molecule has 0 spiro atoms. The van der Waals surface area contributed by atoms with Gasteiger partial charge in [-0.25, -0.2) is 4.79 Å². The maximum absolute atomic E-state index is 11.7. The second-order valence-corrected chi connectivity index (χ2v) is 3.94. The van der Waals surface area contributed by atoms with E-state index >= 15 is 0 Å². The van der Waals surface area contributed by atoms with E-state index in [1.54, 1.807) is 18.3 Å².